The van der Waals surface area contributed by atoms with Crippen molar-refractivity contribution in [2.45, 2.75) is 12.5 Å². The Morgan fingerprint density at radius 2 is 2.05 bits per heavy atom. The average molecular weight is 253 g/mol. The molecule has 0 radical (unpaired) electrons. The summed E-state index contributed by atoms with van der Waals surface area (Å²) in [4.78, 5) is 4.08. The predicted octanol–water partition coefficient (Wildman–Crippen LogP) is 2.65. The number of aromatic nitrogens is 1. The molecule has 96 valence electrons. The first-order valence-corrected chi connectivity index (χ1v) is 6.16. The fraction of sp³-hybridized carbons (Fsp3) is 0.133. The van der Waals surface area contributed by atoms with Gasteiger partial charge in [-0.3, -0.25) is 4.98 Å². The van der Waals surface area contributed by atoms with Crippen LogP contribution in [0.25, 0.3) is 11.0 Å². The molecule has 4 N–H and O–H groups in total. The van der Waals surface area contributed by atoms with Crippen LogP contribution in [0.1, 0.15) is 17.2 Å². The van der Waals surface area contributed by atoms with Gasteiger partial charge in [-0.2, -0.15) is 0 Å². The number of nitrogens with zero attached hydrogens (tertiary/aromatic N) is 1. The van der Waals surface area contributed by atoms with Gasteiger partial charge in [0.15, 0.2) is 0 Å². The van der Waals surface area contributed by atoms with E-state index in [0.29, 0.717) is 6.42 Å². The Balaban J connectivity index is 1.92. The summed E-state index contributed by atoms with van der Waals surface area (Å²) in [5, 5.41) is 1.05. The third-order valence-electron chi connectivity index (χ3n) is 3.29. The van der Waals surface area contributed by atoms with Crippen LogP contribution in [0.4, 0.5) is 5.69 Å². The molecule has 0 saturated heterocycles. The van der Waals surface area contributed by atoms with Crippen molar-refractivity contribution >= 4 is 16.7 Å². The summed E-state index contributed by atoms with van der Waals surface area (Å²) in [6, 6.07) is 9.50. The molecule has 1 atom stereocenters. The van der Waals surface area contributed by atoms with E-state index in [-0.39, 0.29) is 6.04 Å². The second kappa shape index (κ2) is 4.74. The Bertz CT molecular complexity index is 705. The molecule has 19 heavy (non-hydrogen) atoms. The maximum atomic E-state index is 6.26. The minimum absolute atomic E-state index is 0.157. The zero-order valence-corrected chi connectivity index (χ0v) is 10.4. The SMILES string of the molecule is Nc1ccncc1CC(N)c1coc2ccccc12. The van der Waals surface area contributed by atoms with Gasteiger partial charge in [-0.15, -0.1) is 0 Å². The van der Waals surface area contributed by atoms with E-state index in [1.165, 1.54) is 0 Å². The van der Waals surface area contributed by atoms with Gasteiger partial charge in [-0.1, -0.05) is 18.2 Å². The van der Waals surface area contributed by atoms with E-state index in [2.05, 4.69) is 4.98 Å². The van der Waals surface area contributed by atoms with E-state index >= 15 is 0 Å². The van der Waals surface area contributed by atoms with E-state index in [1.54, 1.807) is 24.7 Å². The molecular weight excluding hydrogens is 238 g/mol. The summed E-state index contributed by atoms with van der Waals surface area (Å²) >= 11 is 0. The summed E-state index contributed by atoms with van der Waals surface area (Å²) in [5.74, 6) is 0. The number of fused-ring (bicyclic) bond motifs is 1. The van der Waals surface area contributed by atoms with Crippen molar-refractivity contribution < 1.29 is 4.42 Å². The van der Waals surface area contributed by atoms with Crippen LogP contribution in [0.2, 0.25) is 0 Å². The first-order chi connectivity index (χ1) is 9.25. The van der Waals surface area contributed by atoms with Gasteiger partial charge in [0.05, 0.1) is 6.26 Å². The molecule has 0 spiro atoms. The maximum Gasteiger partial charge on any atom is 0.134 e. The average Bonchev–Trinajstić information content (AvgIpc) is 2.85. The van der Waals surface area contributed by atoms with Crippen LogP contribution in [-0.4, -0.2) is 4.98 Å². The molecule has 2 aromatic heterocycles. The third kappa shape index (κ3) is 2.18. The first-order valence-electron chi connectivity index (χ1n) is 6.16. The van der Waals surface area contributed by atoms with Gasteiger partial charge in [-0.05, 0) is 24.1 Å². The minimum Gasteiger partial charge on any atom is -0.464 e. The highest BCUT2D eigenvalue weighted by Crippen LogP contribution is 2.27. The fourth-order valence-electron chi connectivity index (χ4n) is 2.24. The number of furan rings is 1. The number of hydrogen-bond acceptors (Lipinski definition) is 4. The molecule has 4 heteroatoms. The molecular formula is C15H15N3O. The van der Waals surface area contributed by atoms with Crippen molar-refractivity contribution in [2.24, 2.45) is 5.73 Å². The quantitative estimate of drug-likeness (QED) is 0.752. The molecule has 0 bridgehead atoms. The van der Waals surface area contributed by atoms with Crippen LogP contribution >= 0.6 is 0 Å². The fourth-order valence-corrected chi connectivity index (χ4v) is 2.24. The predicted molar refractivity (Wildman–Crippen MR) is 75.5 cm³/mol. The van der Waals surface area contributed by atoms with E-state index in [9.17, 15) is 0 Å². The zero-order valence-electron chi connectivity index (χ0n) is 10.4. The normalized spacial score (nSPS) is 12.7. The van der Waals surface area contributed by atoms with Gasteiger partial charge in [0.1, 0.15) is 5.58 Å². The van der Waals surface area contributed by atoms with E-state index in [0.717, 1.165) is 27.8 Å². The van der Waals surface area contributed by atoms with Crippen LogP contribution in [0.15, 0.2) is 53.4 Å². The number of benzene rings is 1. The van der Waals surface area contributed by atoms with E-state index < -0.39 is 0 Å². The van der Waals surface area contributed by atoms with Crippen molar-refractivity contribution in [1.29, 1.82) is 0 Å². The molecule has 3 rings (SSSR count). The first kappa shape index (κ1) is 11.7. The number of anilines is 1. The largest absolute Gasteiger partial charge is 0.464 e. The summed E-state index contributed by atoms with van der Waals surface area (Å²) in [6.45, 7) is 0. The Morgan fingerprint density at radius 1 is 1.21 bits per heavy atom. The summed E-state index contributed by atoms with van der Waals surface area (Å²) in [7, 11) is 0. The number of pyridine rings is 1. The molecule has 3 aromatic rings. The Morgan fingerprint density at radius 3 is 2.89 bits per heavy atom. The van der Waals surface area contributed by atoms with Crippen LogP contribution in [0.5, 0.6) is 0 Å². The Kier molecular flexibility index (Phi) is 2.93. The molecule has 1 unspecified atom stereocenters. The monoisotopic (exact) mass is 253 g/mol. The van der Waals surface area contributed by atoms with Gasteiger partial charge in [-0.25, -0.2) is 0 Å². The number of rotatable bonds is 3. The van der Waals surface area contributed by atoms with E-state index in [4.69, 9.17) is 15.9 Å². The highest BCUT2D eigenvalue weighted by molar-refractivity contribution is 5.81. The lowest BCUT2D eigenvalue weighted by Crippen LogP contribution is -2.14. The lowest BCUT2D eigenvalue weighted by molar-refractivity contribution is 0.599. The van der Waals surface area contributed by atoms with Gasteiger partial charge >= 0.3 is 0 Å². The smallest absolute Gasteiger partial charge is 0.134 e. The second-order valence-corrected chi connectivity index (χ2v) is 4.57. The number of hydrogen-bond donors (Lipinski definition) is 2. The molecule has 0 aliphatic rings. The lowest BCUT2D eigenvalue weighted by atomic mass is 9.99. The molecule has 0 aliphatic heterocycles. The van der Waals surface area contributed by atoms with Crippen LogP contribution in [0.3, 0.4) is 0 Å². The highest BCUT2D eigenvalue weighted by Gasteiger charge is 2.14. The number of nitrogen functional groups attached to an aromatic ring is 1. The minimum atomic E-state index is -0.157. The number of para-hydroxylation sites is 1. The van der Waals surface area contributed by atoms with Gasteiger partial charge < -0.3 is 15.9 Å². The van der Waals surface area contributed by atoms with Crippen molar-refractivity contribution in [3.05, 3.63) is 60.1 Å². The van der Waals surface area contributed by atoms with Gasteiger partial charge in [0.25, 0.3) is 0 Å². The summed E-state index contributed by atoms with van der Waals surface area (Å²) in [5.41, 5.74) is 15.7. The molecule has 4 nitrogen and oxygen atoms in total. The molecule has 0 fully saturated rings. The topological polar surface area (TPSA) is 78.1 Å². The summed E-state index contributed by atoms with van der Waals surface area (Å²) in [6.07, 6.45) is 5.81. The highest BCUT2D eigenvalue weighted by atomic mass is 16.3. The maximum absolute atomic E-state index is 6.26. The second-order valence-electron chi connectivity index (χ2n) is 4.57. The third-order valence-corrected chi connectivity index (χ3v) is 3.29. The van der Waals surface area contributed by atoms with Crippen LogP contribution < -0.4 is 11.5 Å². The van der Waals surface area contributed by atoms with Crippen LogP contribution in [0, 0.1) is 0 Å². The Labute approximate surface area is 111 Å². The Hall–Kier alpha value is -2.33. The van der Waals surface area contributed by atoms with Gasteiger partial charge in [0.2, 0.25) is 0 Å². The lowest BCUT2D eigenvalue weighted by Gasteiger charge is -2.11. The molecule has 0 aliphatic carbocycles. The molecule has 2 heterocycles. The molecule has 0 saturated carbocycles. The number of nitrogens with two attached hydrogens (primary N) is 2. The van der Waals surface area contributed by atoms with Crippen molar-refractivity contribution in [1.82, 2.24) is 4.98 Å². The standard InChI is InChI=1S/C15H15N3O/c16-13-5-6-18-8-10(13)7-14(17)12-9-19-15-4-2-1-3-11(12)15/h1-6,8-9,14H,7,17H2,(H2,16,18). The molecule has 0 amide bonds. The summed E-state index contributed by atoms with van der Waals surface area (Å²) < 4.78 is 5.51. The van der Waals surface area contributed by atoms with Crippen LogP contribution in [-0.2, 0) is 6.42 Å². The molecule has 1 aromatic carbocycles. The van der Waals surface area contributed by atoms with E-state index in [1.807, 2.05) is 24.3 Å². The van der Waals surface area contributed by atoms with Crippen molar-refractivity contribution in [2.75, 3.05) is 5.73 Å². The zero-order chi connectivity index (χ0) is 13.2. The van der Waals surface area contributed by atoms with Gasteiger partial charge in [0, 0.05) is 35.1 Å². The van der Waals surface area contributed by atoms with Crippen molar-refractivity contribution in [3.63, 3.8) is 0 Å². The van der Waals surface area contributed by atoms with Crippen molar-refractivity contribution in [3.8, 4) is 0 Å².